The summed E-state index contributed by atoms with van der Waals surface area (Å²) in [5.41, 5.74) is 0.0201. The number of aliphatic hydroxyl groups is 1. The maximum absolute atomic E-state index is 11.7. The lowest BCUT2D eigenvalue weighted by Gasteiger charge is -2.08. The highest BCUT2D eigenvalue weighted by Gasteiger charge is 2.16. The minimum atomic E-state index is -0.479. The molecule has 0 saturated carbocycles. The lowest BCUT2D eigenvalue weighted by molar-refractivity contribution is 0.0941. The summed E-state index contributed by atoms with van der Waals surface area (Å²) in [5, 5.41) is 11.9. The zero-order valence-electron chi connectivity index (χ0n) is 9.01. The van der Waals surface area contributed by atoms with Gasteiger partial charge >= 0.3 is 0 Å². The topological polar surface area (TPSA) is 62.2 Å². The van der Waals surface area contributed by atoms with Crippen molar-refractivity contribution in [2.24, 2.45) is 0 Å². The fraction of sp³-hybridized carbons (Fsp3) is 0.400. The maximum atomic E-state index is 11.7. The van der Waals surface area contributed by atoms with E-state index in [-0.39, 0.29) is 20.8 Å². The molecule has 0 bridgehead atoms. The van der Waals surface area contributed by atoms with Gasteiger partial charge < -0.3 is 10.4 Å². The van der Waals surface area contributed by atoms with Gasteiger partial charge in [0.1, 0.15) is 5.69 Å². The molecule has 1 unspecified atom stereocenters. The Balaban J connectivity index is 2.73. The van der Waals surface area contributed by atoms with Gasteiger partial charge in [-0.05, 0) is 13.3 Å². The molecule has 0 aliphatic carbocycles. The number of hydrogen-bond acceptors (Lipinski definition) is 3. The summed E-state index contributed by atoms with van der Waals surface area (Å²) in [5.74, 6) is -0.450. The standard InChI is InChI=1S/C10H11Cl3N2O2/c1-5(16)2-3-14-10(17)9-8(13)7(12)6(11)4-15-9/h4-5,16H,2-3H2,1H3,(H,14,17). The number of nitrogens with one attached hydrogen (secondary N) is 1. The molecule has 4 nitrogen and oxygen atoms in total. The first kappa shape index (κ1) is 14.5. The van der Waals surface area contributed by atoms with Crippen LogP contribution in [0.4, 0.5) is 0 Å². The number of carbonyl (C=O) groups excluding carboxylic acids is 1. The monoisotopic (exact) mass is 296 g/mol. The molecule has 1 rings (SSSR count). The van der Waals surface area contributed by atoms with Crippen molar-refractivity contribution < 1.29 is 9.90 Å². The van der Waals surface area contributed by atoms with Crippen molar-refractivity contribution in [2.75, 3.05) is 6.54 Å². The smallest absolute Gasteiger partial charge is 0.271 e. The quantitative estimate of drug-likeness (QED) is 0.898. The van der Waals surface area contributed by atoms with Gasteiger partial charge in [0.05, 0.1) is 21.2 Å². The Morgan fingerprint density at radius 1 is 1.47 bits per heavy atom. The summed E-state index contributed by atoms with van der Waals surface area (Å²) in [7, 11) is 0. The van der Waals surface area contributed by atoms with Gasteiger partial charge in [0.2, 0.25) is 0 Å². The van der Waals surface area contributed by atoms with E-state index in [1.54, 1.807) is 6.92 Å². The van der Waals surface area contributed by atoms with Crippen molar-refractivity contribution in [3.05, 3.63) is 27.0 Å². The summed E-state index contributed by atoms with van der Waals surface area (Å²) >= 11 is 17.3. The van der Waals surface area contributed by atoms with E-state index in [0.29, 0.717) is 13.0 Å². The lowest BCUT2D eigenvalue weighted by atomic mass is 10.3. The van der Waals surface area contributed by atoms with Crippen molar-refractivity contribution in [3.63, 3.8) is 0 Å². The molecule has 2 N–H and O–H groups in total. The molecule has 0 aromatic carbocycles. The fourth-order valence-electron chi connectivity index (χ4n) is 1.08. The Labute approximate surface area is 114 Å². The zero-order valence-corrected chi connectivity index (χ0v) is 11.3. The molecule has 1 atom stereocenters. The van der Waals surface area contributed by atoms with E-state index >= 15 is 0 Å². The van der Waals surface area contributed by atoms with Crippen molar-refractivity contribution in [3.8, 4) is 0 Å². The minimum Gasteiger partial charge on any atom is -0.393 e. The van der Waals surface area contributed by atoms with Crippen LogP contribution >= 0.6 is 34.8 Å². The normalized spacial score (nSPS) is 12.3. The average Bonchev–Trinajstić information content (AvgIpc) is 2.25. The van der Waals surface area contributed by atoms with Crippen LogP contribution in [0.25, 0.3) is 0 Å². The van der Waals surface area contributed by atoms with E-state index in [9.17, 15) is 4.79 Å². The van der Waals surface area contributed by atoms with Crippen LogP contribution in [0.15, 0.2) is 6.20 Å². The number of nitrogens with zero attached hydrogens (tertiary/aromatic N) is 1. The highest BCUT2D eigenvalue weighted by Crippen LogP contribution is 2.30. The molecule has 0 fully saturated rings. The molecule has 0 spiro atoms. The summed E-state index contributed by atoms with van der Waals surface area (Å²) < 4.78 is 0. The molecular formula is C10H11Cl3N2O2. The van der Waals surface area contributed by atoms with E-state index in [4.69, 9.17) is 39.9 Å². The highest BCUT2D eigenvalue weighted by molar-refractivity contribution is 6.48. The van der Waals surface area contributed by atoms with Gasteiger partial charge in [0, 0.05) is 12.7 Å². The van der Waals surface area contributed by atoms with Crippen molar-refractivity contribution in [1.82, 2.24) is 10.3 Å². The van der Waals surface area contributed by atoms with E-state index in [0.717, 1.165) is 0 Å². The average molecular weight is 298 g/mol. The number of aliphatic hydroxyl groups excluding tert-OH is 1. The molecule has 0 saturated heterocycles. The number of pyridine rings is 1. The number of rotatable bonds is 4. The van der Waals surface area contributed by atoms with Crippen molar-refractivity contribution in [2.45, 2.75) is 19.4 Å². The molecule has 7 heteroatoms. The minimum absolute atomic E-state index is 0.0201. The van der Waals surface area contributed by atoms with Gasteiger partial charge in [-0.1, -0.05) is 34.8 Å². The molecule has 1 aromatic rings. The summed E-state index contributed by atoms with van der Waals surface area (Å²) in [6.45, 7) is 1.96. The van der Waals surface area contributed by atoms with Gasteiger partial charge in [-0.25, -0.2) is 4.98 Å². The number of hydrogen-bond donors (Lipinski definition) is 2. The summed E-state index contributed by atoms with van der Waals surface area (Å²) in [6, 6.07) is 0. The van der Waals surface area contributed by atoms with Crippen molar-refractivity contribution in [1.29, 1.82) is 0 Å². The third-order valence-corrected chi connectivity index (χ3v) is 3.22. The first-order valence-corrected chi connectivity index (χ1v) is 6.02. The SMILES string of the molecule is CC(O)CCNC(=O)c1ncc(Cl)c(Cl)c1Cl. The molecule has 17 heavy (non-hydrogen) atoms. The molecule has 0 aliphatic heterocycles. The number of aromatic nitrogens is 1. The predicted octanol–water partition coefficient (Wildman–Crippen LogP) is 2.54. The number of carbonyl (C=O) groups is 1. The molecule has 0 radical (unpaired) electrons. The van der Waals surface area contributed by atoms with Crippen LogP contribution in [0.1, 0.15) is 23.8 Å². The van der Waals surface area contributed by atoms with Crippen LogP contribution < -0.4 is 5.32 Å². The molecule has 1 heterocycles. The van der Waals surface area contributed by atoms with Gasteiger partial charge in [-0.3, -0.25) is 4.79 Å². The molecule has 1 aromatic heterocycles. The number of amides is 1. The first-order chi connectivity index (χ1) is 7.93. The van der Waals surface area contributed by atoms with Crippen LogP contribution in [-0.4, -0.2) is 28.6 Å². The van der Waals surface area contributed by atoms with Gasteiger partial charge in [0.15, 0.2) is 0 Å². The Hall–Kier alpha value is -0.550. The fourth-order valence-corrected chi connectivity index (χ4v) is 1.65. The maximum Gasteiger partial charge on any atom is 0.271 e. The second-order valence-electron chi connectivity index (χ2n) is 3.48. The first-order valence-electron chi connectivity index (χ1n) is 4.89. The second kappa shape index (κ2) is 6.40. The van der Waals surface area contributed by atoms with E-state index in [1.807, 2.05) is 0 Å². The second-order valence-corrected chi connectivity index (χ2v) is 4.64. The molecule has 94 valence electrons. The predicted molar refractivity (Wildman–Crippen MR) is 67.9 cm³/mol. The third-order valence-electron chi connectivity index (χ3n) is 1.98. The van der Waals surface area contributed by atoms with Crippen LogP contribution in [0.3, 0.4) is 0 Å². The Kier molecular flexibility index (Phi) is 5.46. The molecular weight excluding hydrogens is 286 g/mol. The lowest BCUT2D eigenvalue weighted by Crippen LogP contribution is -2.27. The van der Waals surface area contributed by atoms with Gasteiger partial charge in [0.25, 0.3) is 5.91 Å². The zero-order chi connectivity index (χ0) is 13.0. The van der Waals surface area contributed by atoms with Crippen LogP contribution in [0, 0.1) is 0 Å². The van der Waals surface area contributed by atoms with Crippen LogP contribution in [0.2, 0.25) is 15.1 Å². The van der Waals surface area contributed by atoms with E-state index in [2.05, 4.69) is 10.3 Å². The summed E-state index contributed by atoms with van der Waals surface area (Å²) in [4.78, 5) is 15.5. The van der Waals surface area contributed by atoms with E-state index < -0.39 is 12.0 Å². The van der Waals surface area contributed by atoms with E-state index in [1.165, 1.54) is 6.20 Å². The third kappa shape index (κ3) is 4.00. The van der Waals surface area contributed by atoms with Gasteiger partial charge in [-0.15, -0.1) is 0 Å². The van der Waals surface area contributed by atoms with Crippen LogP contribution in [0.5, 0.6) is 0 Å². The number of halogens is 3. The van der Waals surface area contributed by atoms with Gasteiger partial charge in [-0.2, -0.15) is 0 Å². The highest BCUT2D eigenvalue weighted by atomic mass is 35.5. The Morgan fingerprint density at radius 2 is 2.12 bits per heavy atom. The Bertz CT molecular complexity index is 424. The largest absolute Gasteiger partial charge is 0.393 e. The Morgan fingerprint density at radius 3 is 2.71 bits per heavy atom. The van der Waals surface area contributed by atoms with Crippen LogP contribution in [-0.2, 0) is 0 Å². The molecule has 1 amide bonds. The van der Waals surface area contributed by atoms with Crippen molar-refractivity contribution >= 4 is 40.7 Å². The summed E-state index contributed by atoms with van der Waals surface area (Å²) in [6.07, 6.45) is 1.23. The molecule has 0 aliphatic rings.